The van der Waals surface area contributed by atoms with Gasteiger partial charge < -0.3 is 10.3 Å². The molecular weight excluding hydrogens is 288 g/mol. The number of H-pyrrole nitrogens is 1. The highest BCUT2D eigenvalue weighted by Gasteiger charge is 2.11. The molecule has 1 aromatic carbocycles. The largest absolute Gasteiger partial charge is 0.360 e. The average molecular weight is 304 g/mol. The van der Waals surface area contributed by atoms with Crippen LogP contribution in [0.15, 0.2) is 36.5 Å². The van der Waals surface area contributed by atoms with E-state index in [-0.39, 0.29) is 0 Å². The van der Waals surface area contributed by atoms with Gasteiger partial charge in [-0.15, -0.1) is 5.10 Å². The SMILES string of the molecule is Cc1nnc(NCc2ncc(-c3ccccc3)[nH]2)c(C#N)c1C. The molecule has 0 bridgehead atoms. The number of hydrogen-bond acceptors (Lipinski definition) is 5. The highest BCUT2D eigenvalue weighted by molar-refractivity contribution is 5.58. The molecule has 0 atom stereocenters. The second-order valence-electron chi connectivity index (χ2n) is 5.21. The molecule has 0 spiro atoms. The first kappa shape index (κ1) is 14.7. The molecule has 0 unspecified atom stereocenters. The molecule has 3 aromatic rings. The Bertz CT molecular complexity index is 861. The molecule has 0 saturated carbocycles. The molecule has 0 amide bonds. The van der Waals surface area contributed by atoms with Crippen LogP contribution in [-0.4, -0.2) is 20.2 Å². The van der Waals surface area contributed by atoms with Crippen LogP contribution >= 0.6 is 0 Å². The fraction of sp³-hybridized carbons (Fsp3) is 0.176. The van der Waals surface area contributed by atoms with Crippen molar-refractivity contribution < 1.29 is 0 Å². The summed E-state index contributed by atoms with van der Waals surface area (Å²) in [6.45, 7) is 4.15. The Kier molecular flexibility index (Phi) is 4.02. The minimum absolute atomic E-state index is 0.443. The third-order valence-electron chi connectivity index (χ3n) is 3.70. The van der Waals surface area contributed by atoms with E-state index in [1.807, 2.05) is 44.2 Å². The molecule has 2 aromatic heterocycles. The monoisotopic (exact) mass is 304 g/mol. The standard InChI is InChI=1S/C17H16N6/c1-11-12(2)22-23-17(14(11)8-18)20-10-16-19-9-15(21-16)13-6-4-3-5-7-13/h3-7,9H,10H2,1-2H3,(H,19,21)(H,20,23). The number of benzene rings is 1. The summed E-state index contributed by atoms with van der Waals surface area (Å²) >= 11 is 0. The quantitative estimate of drug-likeness (QED) is 0.773. The average Bonchev–Trinajstić information content (AvgIpc) is 3.06. The number of aryl methyl sites for hydroxylation is 1. The van der Waals surface area contributed by atoms with Gasteiger partial charge in [-0.3, -0.25) is 0 Å². The number of rotatable bonds is 4. The lowest BCUT2D eigenvalue weighted by Crippen LogP contribution is -2.08. The summed E-state index contributed by atoms with van der Waals surface area (Å²) in [5.41, 5.74) is 4.15. The first-order chi connectivity index (χ1) is 11.2. The summed E-state index contributed by atoms with van der Waals surface area (Å²) in [5.74, 6) is 1.25. The van der Waals surface area contributed by atoms with Crippen molar-refractivity contribution in [2.24, 2.45) is 0 Å². The zero-order valence-electron chi connectivity index (χ0n) is 13.0. The van der Waals surface area contributed by atoms with Gasteiger partial charge in [-0.25, -0.2) is 4.98 Å². The van der Waals surface area contributed by atoms with E-state index in [0.29, 0.717) is 17.9 Å². The van der Waals surface area contributed by atoms with Crippen molar-refractivity contribution in [2.75, 3.05) is 5.32 Å². The van der Waals surface area contributed by atoms with Crippen molar-refractivity contribution >= 4 is 5.82 Å². The Morgan fingerprint density at radius 2 is 1.96 bits per heavy atom. The number of imidazole rings is 1. The molecule has 0 aliphatic rings. The van der Waals surface area contributed by atoms with Crippen LogP contribution in [0, 0.1) is 25.2 Å². The molecule has 0 saturated heterocycles. The molecule has 114 valence electrons. The van der Waals surface area contributed by atoms with Crippen LogP contribution in [0.2, 0.25) is 0 Å². The molecule has 0 radical (unpaired) electrons. The van der Waals surface area contributed by atoms with Gasteiger partial charge in [0.2, 0.25) is 0 Å². The maximum absolute atomic E-state index is 9.29. The summed E-state index contributed by atoms with van der Waals surface area (Å²) in [7, 11) is 0. The third kappa shape index (κ3) is 3.04. The molecule has 0 aliphatic heterocycles. The molecule has 2 N–H and O–H groups in total. The van der Waals surface area contributed by atoms with Gasteiger partial charge in [-0.1, -0.05) is 30.3 Å². The van der Waals surface area contributed by atoms with E-state index in [1.54, 1.807) is 6.20 Å². The van der Waals surface area contributed by atoms with Gasteiger partial charge >= 0.3 is 0 Å². The zero-order chi connectivity index (χ0) is 16.2. The summed E-state index contributed by atoms with van der Waals surface area (Å²) in [6, 6.07) is 12.2. The number of hydrogen-bond donors (Lipinski definition) is 2. The smallest absolute Gasteiger partial charge is 0.167 e. The summed E-state index contributed by atoms with van der Waals surface area (Å²) in [5, 5.41) is 20.5. The van der Waals surface area contributed by atoms with Crippen molar-refractivity contribution in [3.63, 3.8) is 0 Å². The second-order valence-corrected chi connectivity index (χ2v) is 5.21. The summed E-state index contributed by atoms with van der Waals surface area (Å²) < 4.78 is 0. The van der Waals surface area contributed by atoms with Crippen molar-refractivity contribution in [1.29, 1.82) is 5.26 Å². The molecule has 0 aliphatic carbocycles. The number of nitrogens with one attached hydrogen (secondary N) is 2. The van der Waals surface area contributed by atoms with E-state index in [4.69, 9.17) is 0 Å². The van der Waals surface area contributed by atoms with Crippen molar-refractivity contribution in [1.82, 2.24) is 20.2 Å². The lowest BCUT2D eigenvalue weighted by atomic mass is 10.1. The summed E-state index contributed by atoms with van der Waals surface area (Å²) in [6.07, 6.45) is 1.80. The van der Waals surface area contributed by atoms with E-state index in [9.17, 15) is 5.26 Å². The van der Waals surface area contributed by atoms with Gasteiger partial charge in [-0.2, -0.15) is 10.4 Å². The zero-order valence-corrected chi connectivity index (χ0v) is 13.0. The van der Waals surface area contributed by atoms with Crippen molar-refractivity contribution in [3.05, 3.63) is 59.2 Å². The van der Waals surface area contributed by atoms with Gasteiger partial charge in [0.25, 0.3) is 0 Å². The Morgan fingerprint density at radius 3 is 2.70 bits per heavy atom. The van der Waals surface area contributed by atoms with E-state index < -0.39 is 0 Å². The number of nitriles is 1. The van der Waals surface area contributed by atoms with Crippen LogP contribution in [0.4, 0.5) is 5.82 Å². The lowest BCUT2D eigenvalue weighted by molar-refractivity contribution is 0.922. The van der Waals surface area contributed by atoms with Crippen LogP contribution in [0.1, 0.15) is 22.6 Å². The van der Waals surface area contributed by atoms with Gasteiger partial charge in [0.15, 0.2) is 5.82 Å². The number of aromatic amines is 1. The molecule has 6 heteroatoms. The van der Waals surface area contributed by atoms with Crippen LogP contribution in [0.3, 0.4) is 0 Å². The van der Waals surface area contributed by atoms with Crippen molar-refractivity contribution in [2.45, 2.75) is 20.4 Å². The van der Waals surface area contributed by atoms with E-state index in [2.05, 4.69) is 31.6 Å². The Labute approximate surface area is 134 Å². The van der Waals surface area contributed by atoms with E-state index in [0.717, 1.165) is 28.3 Å². The maximum atomic E-state index is 9.29. The van der Waals surface area contributed by atoms with Crippen LogP contribution < -0.4 is 5.32 Å². The summed E-state index contributed by atoms with van der Waals surface area (Å²) in [4.78, 5) is 7.61. The van der Waals surface area contributed by atoms with Gasteiger partial charge in [0, 0.05) is 0 Å². The topological polar surface area (TPSA) is 90.3 Å². The van der Waals surface area contributed by atoms with E-state index >= 15 is 0 Å². The Hall–Kier alpha value is -3.20. The highest BCUT2D eigenvalue weighted by atomic mass is 15.2. The van der Waals surface area contributed by atoms with E-state index in [1.165, 1.54) is 0 Å². The predicted octanol–water partition coefficient (Wildman–Crippen LogP) is 2.97. The highest BCUT2D eigenvalue weighted by Crippen LogP contribution is 2.19. The number of aromatic nitrogens is 4. The fourth-order valence-corrected chi connectivity index (χ4v) is 2.25. The van der Waals surface area contributed by atoms with Gasteiger partial charge in [0.1, 0.15) is 17.5 Å². The number of nitrogens with zero attached hydrogens (tertiary/aromatic N) is 4. The molecule has 2 heterocycles. The van der Waals surface area contributed by atoms with Crippen molar-refractivity contribution in [3.8, 4) is 17.3 Å². The minimum Gasteiger partial charge on any atom is -0.360 e. The first-order valence-electron chi connectivity index (χ1n) is 7.26. The van der Waals surface area contributed by atoms with Crippen LogP contribution in [0.5, 0.6) is 0 Å². The normalized spacial score (nSPS) is 10.3. The molecule has 6 nitrogen and oxygen atoms in total. The first-order valence-corrected chi connectivity index (χ1v) is 7.26. The van der Waals surface area contributed by atoms with Crippen LogP contribution in [0.25, 0.3) is 11.3 Å². The lowest BCUT2D eigenvalue weighted by Gasteiger charge is -2.08. The Morgan fingerprint density at radius 1 is 1.17 bits per heavy atom. The number of anilines is 1. The predicted molar refractivity (Wildman–Crippen MR) is 87.6 cm³/mol. The Balaban J connectivity index is 1.77. The molecule has 0 fully saturated rings. The molecular formula is C17H16N6. The molecule has 3 rings (SSSR count). The molecule has 23 heavy (non-hydrogen) atoms. The van der Waals surface area contributed by atoms with Gasteiger partial charge in [-0.05, 0) is 25.0 Å². The minimum atomic E-state index is 0.443. The fourth-order valence-electron chi connectivity index (χ4n) is 2.25. The van der Waals surface area contributed by atoms with Gasteiger partial charge in [0.05, 0.1) is 24.1 Å². The maximum Gasteiger partial charge on any atom is 0.167 e. The third-order valence-corrected chi connectivity index (χ3v) is 3.70. The second kappa shape index (κ2) is 6.28. The van der Waals surface area contributed by atoms with Crippen LogP contribution in [-0.2, 0) is 6.54 Å².